The second-order valence-corrected chi connectivity index (χ2v) is 12.1. The predicted molar refractivity (Wildman–Crippen MR) is 176 cm³/mol. The van der Waals surface area contributed by atoms with Crippen molar-refractivity contribution in [1.82, 2.24) is 0 Å². The Kier molecular flexibility index (Phi) is 15.3. The third-order valence-corrected chi connectivity index (χ3v) is 8.53. The maximum atomic E-state index is 6.51. The number of hydrogen-bond donors (Lipinski definition) is 0. The molecule has 0 amide bonds. The fourth-order valence-electron chi connectivity index (χ4n) is 4.29. The van der Waals surface area contributed by atoms with Crippen molar-refractivity contribution in [2.45, 2.75) is 94.8 Å². The molecule has 0 unspecified atom stereocenters. The van der Waals surface area contributed by atoms with Crippen molar-refractivity contribution in [2.75, 3.05) is 39.6 Å². The Morgan fingerprint density at radius 2 is 0.721 bits per heavy atom. The molecule has 0 fully saturated rings. The molecule has 0 aliphatic carbocycles. The van der Waals surface area contributed by atoms with Crippen LogP contribution in [0, 0.1) is 0 Å². The Balaban J connectivity index is 2.41. The van der Waals surface area contributed by atoms with Gasteiger partial charge in [-0.15, -0.1) is 0 Å². The Labute approximate surface area is 262 Å². The molecule has 6 nitrogen and oxygen atoms in total. The lowest BCUT2D eigenvalue weighted by molar-refractivity contribution is 0.273. The summed E-state index contributed by atoms with van der Waals surface area (Å²) in [5.41, 5.74) is 0. The highest BCUT2D eigenvalue weighted by Crippen LogP contribution is 2.51. The van der Waals surface area contributed by atoms with Gasteiger partial charge in [-0.2, -0.15) is 0 Å². The first-order chi connectivity index (χ1) is 21.1. The van der Waals surface area contributed by atoms with E-state index in [9.17, 15) is 0 Å². The van der Waals surface area contributed by atoms with Crippen molar-refractivity contribution in [1.29, 1.82) is 0 Å². The second kappa shape index (κ2) is 19.2. The Hall–Kier alpha value is -3.19. The second-order valence-electron chi connectivity index (χ2n) is 10.2. The van der Waals surface area contributed by atoms with E-state index in [4.69, 9.17) is 28.4 Å². The van der Waals surface area contributed by atoms with Gasteiger partial charge >= 0.3 is 0 Å². The topological polar surface area (TPSA) is 55.4 Å². The Morgan fingerprint density at radius 3 is 1.02 bits per heavy atom. The summed E-state index contributed by atoms with van der Waals surface area (Å²) in [5, 5.41) is 0. The van der Waals surface area contributed by atoms with Crippen LogP contribution >= 0.6 is 0 Å². The van der Waals surface area contributed by atoms with E-state index in [-0.39, 0.29) is 0 Å². The summed E-state index contributed by atoms with van der Waals surface area (Å²) in [5.74, 6) is 4.50. The molecule has 236 valence electrons. The number of rotatable bonds is 21. The molecule has 0 aliphatic rings. The average Bonchev–Trinajstić information content (AvgIpc) is 3.04. The molecule has 0 aromatic heterocycles. The van der Waals surface area contributed by atoms with E-state index in [1.807, 2.05) is 30.3 Å². The molecule has 0 saturated heterocycles. The van der Waals surface area contributed by atoms with Crippen molar-refractivity contribution in [3.05, 3.63) is 54.6 Å². The van der Waals surface area contributed by atoms with Crippen LogP contribution in [0.25, 0.3) is 0 Å². The van der Waals surface area contributed by atoms with Gasteiger partial charge in [0.15, 0.2) is 27.9 Å². The molecule has 0 saturated carbocycles. The van der Waals surface area contributed by atoms with Gasteiger partial charge in [-0.1, -0.05) is 59.7 Å². The van der Waals surface area contributed by atoms with Gasteiger partial charge in [0.05, 0.1) is 39.6 Å². The normalized spacial score (nSPS) is 11.0. The zero-order chi connectivity index (χ0) is 30.9. The third kappa shape index (κ3) is 9.92. The van der Waals surface area contributed by atoms with Crippen LogP contribution in [-0.4, -0.2) is 39.6 Å². The lowest BCUT2D eigenvalue weighted by Gasteiger charge is -2.21. The molecule has 7 heteroatoms. The van der Waals surface area contributed by atoms with E-state index in [0.29, 0.717) is 39.6 Å². The van der Waals surface area contributed by atoms with E-state index >= 15 is 0 Å². The highest BCUT2D eigenvalue weighted by Gasteiger charge is 2.42. The van der Waals surface area contributed by atoms with Gasteiger partial charge in [0.25, 0.3) is 9.79 Å². The average molecular weight is 612 g/mol. The minimum Gasteiger partial charge on any atom is -0.493 e. The first-order valence-electron chi connectivity index (χ1n) is 16.0. The van der Waals surface area contributed by atoms with Crippen LogP contribution in [-0.2, 0) is 10.9 Å². The standard InChI is InChI=1S/C36H51O6S/c1-7-18-37-28-24-31(39-20-9-3)35(32(25-28)40-21-10-4)43(30-16-14-13-15-17-30)36-33(41-22-11-5)26-29(38-19-8-2)27-34(36)42-23-12-6/h13-17,24-27H,7-12,18-23H2,1-6H3/q+1. The zero-order valence-electron chi connectivity index (χ0n) is 27.0. The summed E-state index contributed by atoms with van der Waals surface area (Å²) < 4.78 is 38.3. The maximum Gasteiger partial charge on any atom is 0.250 e. The molecule has 0 bridgehead atoms. The molecule has 0 atom stereocenters. The minimum atomic E-state index is -0.714. The van der Waals surface area contributed by atoms with Crippen LogP contribution in [0.3, 0.4) is 0 Å². The van der Waals surface area contributed by atoms with Gasteiger partial charge in [0.1, 0.15) is 22.4 Å². The van der Waals surface area contributed by atoms with Gasteiger partial charge in [-0.3, -0.25) is 0 Å². The zero-order valence-corrected chi connectivity index (χ0v) is 27.9. The number of ether oxygens (including phenoxy) is 6. The van der Waals surface area contributed by atoms with Crippen LogP contribution < -0.4 is 28.4 Å². The van der Waals surface area contributed by atoms with Gasteiger partial charge in [-0.25, -0.2) is 0 Å². The molecule has 3 aromatic carbocycles. The summed E-state index contributed by atoms with van der Waals surface area (Å²) in [6.07, 6.45) is 5.34. The van der Waals surface area contributed by atoms with Crippen molar-refractivity contribution in [3.8, 4) is 34.5 Å². The lowest BCUT2D eigenvalue weighted by atomic mass is 10.3. The molecular formula is C36H51O6S+. The summed E-state index contributed by atoms with van der Waals surface area (Å²) in [4.78, 5) is 3.03. The van der Waals surface area contributed by atoms with E-state index in [1.54, 1.807) is 0 Å². The number of benzene rings is 3. The summed E-state index contributed by atoms with van der Waals surface area (Å²) in [7, 11) is -0.714. The van der Waals surface area contributed by atoms with Gasteiger partial charge in [0, 0.05) is 24.3 Å². The smallest absolute Gasteiger partial charge is 0.250 e. The molecule has 0 N–H and O–H groups in total. The van der Waals surface area contributed by atoms with Crippen LogP contribution in [0.1, 0.15) is 80.1 Å². The fraction of sp³-hybridized carbons (Fsp3) is 0.500. The SMILES string of the molecule is CCCOc1cc(OCCC)c([S+](c2ccccc2)c2c(OCCC)cc(OCCC)cc2OCCC)c(OCCC)c1. The van der Waals surface area contributed by atoms with Crippen LogP contribution in [0.4, 0.5) is 0 Å². The van der Waals surface area contributed by atoms with Gasteiger partial charge < -0.3 is 28.4 Å². The summed E-state index contributed by atoms with van der Waals surface area (Å²) in [6.45, 7) is 16.2. The van der Waals surface area contributed by atoms with E-state index < -0.39 is 10.9 Å². The van der Waals surface area contributed by atoms with Crippen molar-refractivity contribution >= 4 is 10.9 Å². The Bertz CT molecular complexity index is 1080. The fourth-order valence-corrected chi connectivity index (χ4v) is 6.67. The first-order valence-corrected chi connectivity index (χ1v) is 17.3. The quantitative estimate of drug-likeness (QED) is 0.112. The van der Waals surface area contributed by atoms with E-state index in [0.717, 1.165) is 87.7 Å². The van der Waals surface area contributed by atoms with Gasteiger partial charge in [0.2, 0.25) is 0 Å². The van der Waals surface area contributed by atoms with Crippen molar-refractivity contribution in [3.63, 3.8) is 0 Å². The molecule has 0 radical (unpaired) electrons. The van der Waals surface area contributed by atoms with Crippen LogP contribution in [0.5, 0.6) is 34.5 Å². The predicted octanol–water partition coefficient (Wildman–Crippen LogP) is 9.51. The third-order valence-electron chi connectivity index (χ3n) is 6.17. The van der Waals surface area contributed by atoms with Crippen molar-refractivity contribution < 1.29 is 28.4 Å². The number of hydrogen-bond acceptors (Lipinski definition) is 6. The summed E-state index contributed by atoms with van der Waals surface area (Å²) >= 11 is 0. The lowest BCUT2D eigenvalue weighted by Crippen LogP contribution is -2.15. The monoisotopic (exact) mass is 611 g/mol. The molecule has 0 heterocycles. The van der Waals surface area contributed by atoms with E-state index in [1.165, 1.54) is 0 Å². The molecule has 0 aliphatic heterocycles. The summed E-state index contributed by atoms with van der Waals surface area (Å²) in [6, 6.07) is 18.6. The Morgan fingerprint density at radius 1 is 0.419 bits per heavy atom. The maximum absolute atomic E-state index is 6.51. The largest absolute Gasteiger partial charge is 0.493 e. The molecule has 3 rings (SSSR count). The van der Waals surface area contributed by atoms with E-state index in [2.05, 4.69) is 65.8 Å². The van der Waals surface area contributed by atoms with Gasteiger partial charge in [-0.05, 0) is 50.7 Å². The molecule has 0 spiro atoms. The van der Waals surface area contributed by atoms with Crippen LogP contribution in [0.15, 0.2) is 69.3 Å². The van der Waals surface area contributed by atoms with Crippen LogP contribution in [0.2, 0.25) is 0 Å². The molecule has 43 heavy (non-hydrogen) atoms. The minimum absolute atomic E-state index is 0.575. The molecule has 3 aromatic rings. The highest BCUT2D eigenvalue weighted by atomic mass is 32.2. The molecular weight excluding hydrogens is 560 g/mol. The van der Waals surface area contributed by atoms with Crippen molar-refractivity contribution in [2.24, 2.45) is 0 Å². The first kappa shape index (κ1) is 34.3. The highest BCUT2D eigenvalue weighted by molar-refractivity contribution is 7.97.